The van der Waals surface area contributed by atoms with Crippen LogP contribution in [0.25, 0.3) is 10.2 Å². The average Bonchev–Trinajstić information content (AvgIpc) is 3.25. The van der Waals surface area contributed by atoms with Gasteiger partial charge in [0.25, 0.3) is 0 Å². The Hall–Kier alpha value is -1.44. The molecule has 3 heterocycles. The van der Waals surface area contributed by atoms with Gasteiger partial charge in [-0.1, -0.05) is 6.42 Å². The zero-order valence-corrected chi connectivity index (χ0v) is 18.2. The first-order valence-corrected chi connectivity index (χ1v) is 10.9. The van der Waals surface area contributed by atoms with Crippen molar-refractivity contribution in [1.82, 2.24) is 15.3 Å². The third-order valence-electron chi connectivity index (χ3n) is 6.40. The van der Waals surface area contributed by atoms with Crippen molar-refractivity contribution in [3.05, 3.63) is 16.8 Å². The van der Waals surface area contributed by atoms with Crippen LogP contribution >= 0.6 is 23.7 Å². The number of aromatic nitrogens is 2. The topological polar surface area (TPSA) is 84.1 Å². The molecule has 2 aromatic rings. The summed E-state index contributed by atoms with van der Waals surface area (Å²) in [5.74, 6) is 1.80. The van der Waals surface area contributed by atoms with Crippen LogP contribution in [-0.2, 0) is 4.79 Å². The molecule has 4 rings (SSSR count). The molecule has 2 aromatic heterocycles. The van der Waals surface area contributed by atoms with Gasteiger partial charge >= 0.3 is 0 Å². The molecule has 1 amide bonds. The van der Waals surface area contributed by atoms with Crippen LogP contribution in [-0.4, -0.2) is 41.6 Å². The number of fused-ring (bicyclic) bond motifs is 1. The number of anilines is 1. The lowest BCUT2D eigenvalue weighted by Crippen LogP contribution is -2.46. The van der Waals surface area contributed by atoms with E-state index in [0.717, 1.165) is 49.4 Å². The summed E-state index contributed by atoms with van der Waals surface area (Å²) in [7, 11) is 0. The molecule has 3 N–H and O–H groups in total. The molecule has 0 spiro atoms. The maximum atomic E-state index is 12.7. The molecule has 154 valence electrons. The number of carbonyl (C=O) groups excluding carboxylic acids is 1. The molecule has 2 atom stereocenters. The SMILES string of the molecule is Cc1sc2ncnc(N3CCC(C(=O)NC4CCCC4CN)CC3)c2c1C.Cl. The second-order valence-electron chi connectivity index (χ2n) is 7.96. The quantitative estimate of drug-likeness (QED) is 0.788. The van der Waals surface area contributed by atoms with Gasteiger partial charge in [-0.15, -0.1) is 23.7 Å². The zero-order valence-electron chi connectivity index (χ0n) is 16.6. The molecule has 1 saturated carbocycles. The van der Waals surface area contributed by atoms with E-state index in [1.807, 2.05) is 0 Å². The fourth-order valence-electron chi connectivity index (χ4n) is 4.57. The Kier molecular flexibility index (Phi) is 6.78. The van der Waals surface area contributed by atoms with E-state index in [9.17, 15) is 4.79 Å². The summed E-state index contributed by atoms with van der Waals surface area (Å²) in [5, 5.41) is 4.47. The normalized spacial score (nSPS) is 23.0. The smallest absolute Gasteiger partial charge is 0.223 e. The number of amides is 1. The Morgan fingerprint density at radius 2 is 2.00 bits per heavy atom. The first kappa shape index (κ1) is 21.3. The average molecular weight is 424 g/mol. The van der Waals surface area contributed by atoms with E-state index in [4.69, 9.17) is 5.73 Å². The molecule has 0 bridgehead atoms. The monoisotopic (exact) mass is 423 g/mol. The van der Waals surface area contributed by atoms with E-state index in [2.05, 4.69) is 34.0 Å². The lowest BCUT2D eigenvalue weighted by Gasteiger charge is -2.33. The van der Waals surface area contributed by atoms with E-state index in [-0.39, 0.29) is 30.3 Å². The lowest BCUT2D eigenvalue weighted by molar-refractivity contribution is -0.126. The summed E-state index contributed by atoms with van der Waals surface area (Å²) in [6.45, 7) is 6.69. The van der Waals surface area contributed by atoms with E-state index in [1.54, 1.807) is 17.7 Å². The van der Waals surface area contributed by atoms with Crippen LogP contribution < -0.4 is 16.0 Å². The van der Waals surface area contributed by atoms with Gasteiger partial charge in [0.05, 0.1) is 5.39 Å². The third kappa shape index (κ3) is 3.98. The van der Waals surface area contributed by atoms with Gasteiger partial charge in [0.1, 0.15) is 17.0 Å². The number of carbonyl (C=O) groups is 1. The van der Waals surface area contributed by atoms with Gasteiger partial charge in [0, 0.05) is 29.9 Å². The fraction of sp³-hybridized carbons (Fsp3) is 0.650. The predicted octanol–water partition coefficient (Wildman–Crippen LogP) is 3.19. The first-order chi connectivity index (χ1) is 13.1. The van der Waals surface area contributed by atoms with E-state index < -0.39 is 0 Å². The second kappa shape index (κ2) is 8.93. The number of hydrogen-bond donors (Lipinski definition) is 2. The number of hydrogen-bond acceptors (Lipinski definition) is 6. The molecular formula is C20H30ClN5OS. The molecule has 1 saturated heterocycles. The molecule has 28 heavy (non-hydrogen) atoms. The number of rotatable bonds is 4. The minimum atomic E-state index is 0. The number of halogens is 1. The third-order valence-corrected chi connectivity index (χ3v) is 7.52. The Bertz CT molecular complexity index is 833. The highest BCUT2D eigenvalue weighted by Gasteiger charge is 2.32. The summed E-state index contributed by atoms with van der Waals surface area (Å²) in [4.78, 5) is 26.4. The van der Waals surface area contributed by atoms with Gasteiger partial charge < -0.3 is 16.0 Å². The van der Waals surface area contributed by atoms with Crippen molar-refractivity contribution in [1.29, 1.82) is 0 Å². The highest BCUT2D eigenvalue weighted by molar-refractivity contribution is 7.18. The van der Waals surface area contributed by atoms with E-state index in [0.29, 0.717) is 12.5 Å². The van der Waals surface area contributed by atoms with Gasteiger partial charge in [0.2, 0.25) is 5.91 Å². The second-order valence-corrected chi connectivity index (χ2v) is 9.17. The number of thiophene rings is 1. The predicted molar refractivity (Wildman–Crippen MR) is 117 cm³/mol. The summed E-state index contributed by atoms with van der Waals surface area (Å²) >= 11 is 1.73. The molecule has 2 fully saturated rings. The van der Waals surface area contributed by atoms with Crippen molar-refractivity contribution in [2.24, 2.45) is 17.6 Å². The van der Waals surface area contributed by atoms with Crippen LogP contribution in [0.4, 0.5) is 5.82 Å². The van der Waals surface area contributed by atoms with Crippen LogP contribution in [0.15, 0.2) is 6.33 Å². The highest BCUT2D eigenvalue weighted by atomic mass is 35.5. The Morgan fingerprint density at radius 3 is 2.71 bits per heavy atom. The van der Waals surface area contributed by atoms with Crippen molar-refractivity contribution < 1.29 is 4.79 Å². The Balaban J connectivity index is 0.00000225. The number of nitrogens with one attached hydrogen (secondary N) is 1. The molecule has 1 aliphatic carbocycles. The van der Waals surface area contributed by atoms with Crippen LogP contribution in [0.5, 0.6) is 0 Å². The van der Waals surface area contributed by atoms with Gasteiger partial charge in [-0.05, 0) is 57.6 Å². The number of aryl methyl sites for hydroxylation is 2. The van der Waals surface area contributed by atoms with Gasteiger partial charge in [0.15, 0.2) is 0 Å². The summed E-state index contributed by atoms with van der Waals surface area (Å²) in [5.41, 5.74) is 7.13. The van der Waals surface area contributed by atoms with Crippen molar-refractivity contribution >= 4 is 45.7 Å². The van der Waals surface area contributed by atoms with Crippen molar-refractivity contribution in [2.75, 3.05) is 24.5 Å². The maximum absolute atomic E-state index is 12.7. The minimum absolute atomic E-state index is 0. The van der Waals surface area contributed by atoms with Crippen molar-refractivity contribution in [3.8, 4) is 0 Å². The van der Waals surface area contributed by atoms with Crippen LogP contribution in [0, 0.1) is 25.7 Å². The van der Waals surface area contributed by atoms with Crippen LogP contribution in [0.2, 0.25) is 0 Å². The minimum Gasteiger partial charge on any atom is -0.356 e. The number of nitrogens with two attached hydrogens (primary N) is 1. The molecule has 1 aliphatic heterocycles. The van der Waals surface area contributed by atoms with Gasteiger partial charge in [-0.3, -0.25) is 4.79 Å². The number of piperidine rings is 1. The van der Waals surface area contributed by atoms with Crippen LogP contribution in [0.1, 0.15) is 42.5 Å². The Labute approximate surface area is 176 Å². The van der Waals surface area contributed by atoms with E-state index >= 15 is 0 Å². The fourth-order valence-corrected chi connectivity index (χ4v) is 5.56. The molecule has 2 aliphatic rings. The highest BCUT2D eigenvalue weighted by Crippen LogP contribution is 2.35. The Morgan fingerprint density at radius 1 is 1.25 bits per heavy atom. The van der Waals surface area contributed by atoms with Crippen LogP contribution in [0.3, 0.4) is 0 Å². The largest absolute Gasteiger partial charge is 0.356 e. The molecule has 8 heteroatoms. The van der Waals surface area contributed by atoms with E-state index in [1.165, 1.54) is 22.2 Å². The van der Waals surface area contributed by atoms with Crippen molar-refractivity contribution in [2.45, 2.75) is 52.0 Å². The zero-order chi connectivity index (χ0) is 19.0. The summed E-state index contributed by atoms with van der Waals surface area (Å²) in [6.07, 6.45) is 6.80. The lowest BCUT2D eigenvalue weighted by atomic mass is 9.94. The maximum Gasteiger partial charge on any atom is 0.223 e. The van der Waals surface area contributed by atoms with Crippen molar-refractivity contribution in [3.63, 3.8) is 0 Å². The van der Waals surface area contributed by atoms with Gasteiger partial charge in [-0.25, -0.2) is 9.97 Å². The summed E-state index contributed by atoms with van der Waals surface area (Å²) < 4.78 is 0. The molecule has 6 nitrogen and oxygen atoms in total. The van der Waals surface area contributed by atoms with Gasteiger partial charge in [-0.2, -0.15) is 0 Å². The molecular weight excluding hydrogens is 394 g/mol. The molecule has 0 aromatic carbocycles. The first-order valence-electron chi connectivity index (χ1n) is 10.0. The molecule has 2 unspecified atom stereocenters. The molecule has 0 radical (unpaired) electrons. The summed E-state index contributed by atoms with van der Waals surface area (Å²) in [6, 6.07) is 0.276. The number of nitrogens with zero attached hydrogens (tertiary/aromatic N) is 3. The standard InChI is InChI=1S/C20H29N5OS.ClH/c1-12-13(2)27-20-17(12)18(22-11-23-20)25-8-6-14(7-9-25)19(26)24-16-5-3-4-15(16)10-21;/h11,14-16H,3-10,21H2,1-2H3,(H,24,26);1H.